The maximum absolute atomic E-state index is 12.2. The topological polar surface area (TPSA) is 72.6 Å². The zero-order chi connectivity index (χ0) is 14.2. The molecule has 1 fully saturated rings. The van der Waals surface area contributed by atoms with Crippen LogP contribution in [0.2, 0.25) is 0 Å². The SMILES string of the molecule is COc1cccc(C(N)=S)c1N1CC(C)CS1(=O)=O. The minimum atomic E-state index is -3.34. The number of anilines is 1. The summed E-state index contributed by atoms with van der Waals surface area (Å²) >= 11 is 5.00. The van der Waals surface area contributed by atoms with Gasteiger partial charge in [0, 0.05) is 12.1 Å². The molecule has 0 saturated carbocycles. The first-order valence-electron chi connectivity index (χ1n) is 5.84. The summed E-state index contributed by atoms with van der Waals surface area (Å²) in [5, 5.41) is 0. The van der Waals surface area contributed by atoms with Crippen molar-refractivity contribution in [1.29, 1.82) is 0 Å². The minimum Gasteiger partial charge on any atom is -0.495 e. The van der Waals surface area contributed by atoms with E-state index in [0.717, 1.165) is 0 Å². The van der Waals surface area contributed by atoms with Gasteiger partial charge in [-0.05, 0) is 18.1 Å². The van der Waals surface area contributed by atoms with Crippen LogP contribution in [0.1, 0.15) is 12.5 Å². The van der Waals surface area contributed by atoms with Crippen LogP contribution in [0, 0.1) is 5.92 Å². The monoisotopic (exact) mass is 300 g/mol. The average Bonchev–Trinajstić information content (AvgIpc) is 2.61. The zero-order valence-corrected chi connectivity index (χ0v) is 12.4. The smallest absolute Gasteiger partial charge is 0.235 e. The van der Waals surface area contributed by atoms with Crippen LogP contribution in [0.3, 0.4) is 0 Å². The molecule has 1 atom stereocenters. The summed E-state index contributed by atoms with van der Waals surface area (Å²) in [6.07, 6.45) is 0. The highest BCUT2D eigenvalue weighted by atomic mass is 32.2. The van der Waals surface area contributed by atoms with Gasteiger partial charge in [0.1, 0.15) is 16.4 Å². The van der Waals surface area contributed by atoms with Crippen LogP contribution in [-0.2, 0) is 10.0 Å². The molecule has 1 aromatic rings. The van der Waals surface area contributed by atoms with Crippen molar-refractivity contribution < 1.29 is 13.2 Å². The lowest BCUT2D eigenvalue weighted by molar-refractivity contribution is 0.415. The van der Waals surface area contributed by atoms with Gasteiger partial charge in [-0.3, -0.25) is 4.31 Å². The number of hydrogen-bond donors (Lipinski definition) is 1. The van der Waals surface area contributed by atoms with Gasteiger partial charge >= 0.3 is 0 Å². The van der Waals surface area contributed by atoms with Gasteiger partial charge in [0.15, 0.2) is 0 Å². The molecule has 7 heteroatoms. The first-order valence-corrected chi connectivity index (χ1v) is 7.85. The molecule has 19 heavy (non-hydrogen) atoms. The van der Waals surface area contributed by atoms with Crippen molar-refractivity contribution >= 4 is 32.9 Å². The van der Waals surface area contributed by atoms with Gasteiger partial charge in [0.25, 0.3) is 0 Å². The lowest BCUT2D eigenvalue weighted by Gasteiger charge is -2.22. The molecule has 5 nitrogen and oxygen atoms in total. The van der Waals surface area contributed by atoms with E-state index in [1.807, 2.05) is 6.92 Å². The standard InChI is InChI=1S/C12H16N2O3S2/c1-8-6-14(19(15,16)7-8)11-9(12(13)18)4-3-5-10(11)17-2/h3-5,8H,6-7H2,1-2H3,(H2,13,18). The van der Waals surface area contributed by atoms with E-state index in [0.29, 0.717) is 23.5 Å². The molecule has 2 rings (SSSR count). The first kappa shape index (κ1) is 14.1. The van der Waals surface area contributed by atoms with Crippen molar-refractivity contribution in [2.75, 3.05) is 23.7 Å². The van der Waals surface area contributed by atoms with Gasteiger partial charge in [0.2, 0.25) is 10.0 Å². The number of ether oxygens (including phenoxy) is 1. The Kier molecular flexibility index (Phi) is 3.69. The number of sulfonamides is 1. The summed E-state index contributed by atoms with van der Waals surface area (Å²) in [7, 11) is -1.85. The second-order valence-electron chi connectivity index (χ2n) is 4.64. The average molecular weight is 300 g/mol. The van der Waals surface area contributed by atoms with Crippen LogP contribution in [0.15, 0.2) is 18.2 Å². The van der Waals surface area contributed by atoms with Crippen molar-refractivity contribution in [3.63, 3.8) is 0 Å². The second-order valence-corrected chi connectivity index (χ2v) is 7.01. The number of nitrogens with two attached hydrogens (primary N) is 1. The van der Waals surface area contributed by atoms with E-state index in [2.05, 4.69) is 0 Å². The predicted octanol–water partition coefficient (Wildman–Crippen LogP) is 1.12. The van der Waals surface area contributed by atoms with Gasteiger partial charge in [-0.25, -0.2) is 8.42 Å². The molecule has 0 amide bonds. The predicted molar refractivity (Wildman–Crippen MR) is 79.2 cm³/mol. The third kappa shape index (κ3) is 2.52. The van der Waals surface area contributed by atoms with E-state index in [4.69, 9.17) is 22.7 Å². The number of methoxy groups -OCH3 is 1. The molecule has 104 valence electrons. The van der Waals surface area contributed by atoms with Crippen molar-refractivity contribution in [2.45, 2.75) is 6.92 Å². The molecule has 1 aliphatic rings. The van der Waals surface area contributed by atoms with E-state index in [1.54, 1.807) is 18.2 Å². The Bertz CT molecular complexity index is 613. The Balaban J connectivity index is 2.64. The summed E-state index contributed by atoms with van der Waals surface area (Å²) in [4.78, 5) is 0.156. The van der Waals surface area contributed by atoms with Gasteiger partial charge in [-0.15, -0.1) is 0 Å². The maximum atomic E-state index is 12.2. The van der Waals surface area contributed by atoms with Crippen LogP contribution >= 0.6 is 12.2 Å². The molecule has 0 aliphatic carbocycles. The van der Waals surface area contributed by atoms with Crippen molar-refractivity contribution in [2.24, 2.45) is 11.7 Å². The van der Waals surface area contributed by atoms with Crippen LogP contribution < -0.4 is 14.8 Å². The molecule has 0 aromatic heterocycles. The normalized spacial score (nSPS) is 21.4. The van der Waals surface area contributed by atoms with Gasteiger partial charge < -0.3 is 10.5 Å². The number of nitrogens with zero attached hydrogens (tertiary/aromatic N) is 1. The van der Waals surface area contributed by atoms with E-state index in [9.17, 15) is 8.42 Å². The van der Waals surface area contributed by atoms with Crippen LogP contribution in [-0.4, -0.2) is 32.8 Å². The molecule has 0 radical (unpaired) electrons. The number of para-hydroxylation sites is 1. The fraction of sp³-hybridized carbons (Fsp3) is 0.417. The van der Waals surface area contributed by atoms with Gasteiger partial charge in [-0.1, -0.05) is 25.2 Å². The molecule has 1 heterocycles. The zero-order valence-electron chi connectivity index (χ0n) is 10.8. The summed E-state index contributed by atoms with van der Waals surface area (Å²) in [5.41, 5.74) is 6.65. The largest absolute Gasteiger partial charge is 0.495 e. The van der Waals surface area contributed by atoms with Crippen LogP contribution in [0.5, 0.6) is 5.75 Å². The number of thiocarbonyl (C=S) groups is 1. The minimum absolute atomic E-state index is 0.0640. The first-order chi connectivity index (χ1) is 8.86. The number of benzene rings is 1. The molecule has 1 aliphatic heterocycles. The fourth-order valence-corrected chi connectivity index (χ4v) is 4.39. The summed E-state index contributed by atoms with van der Waals surface area (Å²) in [5.74, 6) is 0.652. The lowest BCUT2D eigenvalue weighted by atomic mass is 10.1. The summed E-state index contributed by atoms with van der Waals surface area (Å²) in [6, 6.07) is 5.15. The van der Waals surface area contributed by atoms with E-state index < -0.39 is 10.0 Å². The molecular formula is C12H16N2O3S2. The highest BCUT2D eigenvalue weighted by molar-refractivity contribution is 7.93. The number of rotatable bonds is 3. The molecule has 1 unspecified atom stereocenters. The molecular weight excluding hydrogens is 284 g/mol. The Hall–Kier alpha value is -1.34. The third-order valence-electron chi connectivity index (χ3n) is 3.04. The highest BCUT2D eigenvalue weighted by Crippen LogP contribution is 2.37. The summed E-state index contributed by atoms with van der Waals surface area (Å²) in [6.45, 7) is 2.31. The van der Waals surface area contributed by atoms with E-state index in [1.165, 1.54) is 11.4 Å². The van der Waals surface area contributed by atoms with Crippen LogP contribution in [0.25, 0.3) is 0 Å². The molecule has 1 saturated heterocycles. The molecule has 1 aromatic carbocycles. The fourth-order valence-electron chi connectivity index (χ4n) is 2.27. The van der Waals surface area contributed by atoms with Crippen LogP contribution in [0.4, 0.5) is 5.69 Å². The summed E-state index contributed by atoms with van der Waals surface area (Å²) < 4.78 is 31.0. The number of hydrogen-bond acceptors (Lipinski definition) is 4. The molecule has 0 spiro atoms. The van der Waals surface area contributed by atoms with Gasteiger partial charge in [-0.2, -0.15) is 0 Å². The maximum Gasteiger partial charge on any atom is 0.235 e. The van der Waals surface area contributed by atoms with Crippen molar-refractivity contribution in [3.05, 3.63) is 23.8 Å². The Labute approximate surface area is 118 Å². The van der Waals surface area contributed by atoms with E-state index in [-0.39, 0.29) is 16.7 Å². The Morgan fingerprint density at radius 1 is 1.53 bits per heavy atom. The second kappa shape index (κ2) is 4.97. The van der Waals surface area contributed by atoms with Crippen molar-refractivity contribution in [3.8, 4) is 5.75 Å². The third-order valence-corrected chi connectivity index (χ3v) is 5.26. The molecule has 0 bridgehead atoms. The quantitative estimate of drug-likeness (QED) is 0.847. The molecule has 2 N–H and O–H groups in total. The van der Waals surface area contributed by atoms with Crippen molar-refractivity contribution in [1.82, 2.24) is 0 Å². The lowest BCUT2D eigenvalue weighted by Crippen LogP contribution is -2.28. The van der Waals surface area contributed by atoms with Gasteiger partial charge in [0.05, 0.1) is 12.9 Å². The van der Waals surface area contributed by atoms with E-state index >= 15 is 0 Å². The Morgan fingerprint density at radius 2 is 2.21 bits per heavy atom. The Morgan fingerprint density at radius 3 is 2.68 bits per heavy atom. The highest BCUT2D eigenvalue weighted by Gasteiger charge is 2.36.